The van der Waals surface area contributed by atoms with Gasteiger partial charge < -0.3 is 0 Å². The molecule has 2 N–H and O–H groups in total. The van der Waals surface area contributed by atoms with Gasteiger partial charge in [0.1, 0.15) is 0 Å². The Hall–Kier alpha value is -0.930. The van der Waals surface area contributed by atoms with Crippen LogP contribution in [0.5, 0.6) is 0 Å². The molecular weight excluding hydrogens is 211 g/mol. The summed E-state index contributed by atoms with van der Waals surface area (Å²) >= 11 is 11.6. The van der Waals surface area contributed by atoms with Gasteiger partial charge in [-0.2, -0.15) is 0 Å². The van der Waals surface area contributed by atoms with E-state index in [0.717, 1.165) is 0 Å². The Kier molecular flexibility index (Phi) is 3.39. The molecule has 70 valence electrons. The number of hydrazine groups is 1. The maximum atomic E-state index is 10.6. The van der Waals surface area contributed by atoms with Crippen molar-refractivity contribution >= 4 is 34.8 Å². The minimum Gasteiger partial charge on any atom is -0.296 e. The lowest BCUT2D eigenvalue weighted by Gasteiger charge is -2.09. The zero-order valence-corrected chi connectivity index (χ0v) is 8.41. The summed E-state index contributed by atoms with van der Waals surface area (Å²) in [6.45, 7) is 1.39. The first kappa shape index (κ1) is 10.2. The maximum Gasteiger partial charge on any atom is 0.235 e. The van der Waals surface area contributed by atoms with Crippen molar-refractivity contribution in [3.05, 3.63) is 28.2 Å². The molecule has 0 atom stereocenters. The monoisotopic (exact) mass is 218 g/mol. The largest absolute Gasteiger partial charge is 0.296 e. The van der Waals surface area contributed by atoms with Crippen LogP contribution in [0.25, 0.3) is 0 Å². The minimum atomic E-state index is -0.212. The quantitative estimate of drug-likeness (QED) is 0.750. The molecule has 5 heteroatoms. The Morgan fingerprint density at radius 1 is 1.31 bits per heavy atom. The number of carbonyl (C=O) groups excluding carboxylic acids is 1. The minimum absolute atomic E-state index is 0.212. The van der Waals surface area contributed by atoms with Crippen molar-refractivity contribution in [1.29, 1.82) is 0 Å². The van der Waals surface area contributed by atoms with Crippen molar-refractivity contribution < 1.29 is 4.79 Å². The van der Waals surface area contributed by atoms with Crippen LogP contribution < -0.4 is 10.9 Å². The third-order valence-electron chi connectivity index (χ3n) is 1.33. The first-order valence-corrected chi connectivity index (χ1v) is 4.33. The van der Waals surface area contributed by atoms with Crippen LogP contribution in [-0.4, -0.2) is 5.91 Å². The molecule has 1 amide bonds. The molecule has 0 unspecified atom stereocenters. The fourth-order valence-electron chi connectivity index (χ4n) is 0.768. The molecule has 0 spiro atoms. The number of anilines is 1. The average Bonchev–Trinajstić information content (AvgIpc) is 2.03. The standard InChI is InChI=1S/C8H8Cl2N2O/c1-5(13)11-12-8-6(9)3-2-4-7(8)10/h2-4,12H,1H3,(H,11,13). The third-order valence-corrected chi connectivity index (χ3v) is 1.96. The number of hydrogen-bond donors (Lipinski definition) is 2. The van der Waals surface area contributed by atoms with Crippen molar-refractivity contribution in [2.75, 3.05) is 5.43 Å². The highest BCUT2D eigenvalue weighted by atomic mass is 35.5. The molecule has 3 nitrogen and oxygen atoms in total. The van der Waals surface area contributed by atoms with Crippen LogP contribution in [-0.2, 0) is 4.79 Å². The Bertz CT molecular complexity index is 308. The van der Waals surface area contributed by atoms with Crippen molar-refractivity contribution in [3.63, 3.8) is 0 Å². The lowest BCUT2D eigenvalue weighted by Crippen LogP contribution is -2.26. The highest BCUT2D eigenvalue weighted by Crippen LogP contribution is 2.28. The number of halogens is 2. The van der Waals surface area contributed by atoms with Gasteiger partial charge in [-0.3, -0.25) is 15.6 Å². The van der Waals surface area contributed by atoms with Crippen LogP contribution in [0.15, 0.2) is 18.2 Å². The van der Waals surface area contributed by atoms with Crippen molar-refractivity contribution in [3.8, 4) is 0 Å². The zero-order valence-electron chi connectivity index (χ0n) is 6.90. The van der Waals surface area contributed by atoms with Crippen LogP contribution in [0.4, 0.5) is 5.69 Å². The summed E-state index contributed by atoms with van der Waals surface area (Å²) in [6.07, 6.45) is 0. The van der Waals surface area contributed by atoms with Gasteiger partial charge in [0.25, 0.3) is 0 Å². The van der Waals surface area contributed by atoms with Crippen molar-refractivity contribution in [1.82, 2.24) is 5.43 Å². The molecular formula is C8H8Cl2N2O. The smallest absolute Gasteiger partial charge is 0.235 e. The predicted octanol–water partition coefficient (Wildman–Crippen LogP) is 2.46. The summed E-state index contributed by atoms with van der Waals surface area (Å²) < 4.78 is 0. The normalized spacial score (nSPS) is 9.46. The number of benzene rings is 1. The van der Waals surface area contributed by atoms with Gasteiger partial charge >= 0.3 is 0 Å². The van der Waals surface area contributed by atoms with Gasteiger partial charge in [0.15, 0.2) is 0 Å². The van der Waals surface area contributed by atoms with E-state index in [1.807, 2.05) is 0 Å². The fraction of sp³-hybridized carbons (Fsp3) is 0.125. The molecule has 0 saturated heterocycles. The Morgan fingerprint density at radius 2 is 1.85 bits per heavy atom. The molecule has 13 heavy (non-hydrogen) atoms. The van der Waals surface area contributed by atoms with E-state index in [-0.39, 0.29) is 5.91 Å². The molecule has 0 bridgehead atoms. The molecule has 0 aliphatic heterocycles. The first-order valence-electron chi connectivity index (χ1n) is 3.58. The molecule has 1 aromatic carbocycles. The topological polar surface area (TPSA) is 41.1 Å². The lowest BCUT2D eigenvalue weighted by atomic mass is 10.3. The van der Waals surface area contributed by atoms with Gasteiger partial charge in [-0.25, -0.2) is 0 Å². The van der Waals surface area contributed by atoms with Gasteiger partial charge in [-0.15, -0.1) is 0 Å². The fourth-order valence-corrected chi connectivity index (χ4v) is 1.26. The van der Waals surface area contributed by atoms with Crippen LogP contribution in [0.3, 0.4) is 0 Å². The lowest BCUT2D eigenvalue weighted by molar-refractivity contribution is -0.118. The zero-order chi connectivity index (χ0) is 9.84. The molecule has 0 radical (unpaired) electrons. The summed E-state index contributed by atoms with van der Waals surface area (Å²) in [5, 5.41) is 0.919. The van der Waals surface area contributed by atoms with Crippen molar-refractivity contribution in [2.24, 2.45) is 0 Å². The molecule has 0 fully saturated rings. The van der Waals surface area contributed by atoms with E-state index in [2.05, 4.69) is 10.9 Å². The molecule has 1 aromatic rings. The van der Waals surface area contributed by atoms with Crippen molar-refractivity contribution in [2.45, 2.75) is 6.92 Å². The Labute approximate surface area is 86.0 Å². The SMILES string of the molecule is CC(=O)NNc1c(Cl)cccc1Cl. The number of carbonyl (C=O) groups is 1. The van der Waals surface area contributed by atoms with Gasteiger partial charge in [0, 0.05) is 6.92 Å². The summed E-state index contributed by atoms with van der Waals surface area (Å²) in [6, 6.07) is 5.08. The maximum absolute atomic E-state index is 10.6. The molecule has 0 aliphatic rings. The van der Waals surface area contributed by atoms with E-state index in [1.165, 1.54) is 6.92 Å². The molecule has 1 rings (SSSR count). The molecule has 0 aliphatic carbocycles. The number of nitrogens with one attached hydrogen (secondary N) is 2. The second-order valence-electron chi connectivity index (χ2n) is 2.40. The van der Waals surface area contributed by atoms with E-state index in [9.17, 15) is 4.79 Å². The number of rotatable bonds is 2. The van der Waals surface area contributed by atoms with E-state index in [4.69, 9.17) is 23.2 Å². The second-order valence-corrected chi connectivity index (χ2v) is 3.22. The van der Waals surface area contributed by atoms with Gasteiger partial charge in [-0.1, -0.05) is 29.3 Å². The van der Waals surface area contributed by atoms with E-state index < -0.39 is 0 Å². The van der Waals surface area contributed by atoms with Gasteiger partial charge in [0.2, 0.25) is 5.91 Å². The van der Waals surface area contributed by atoms with Crippen LogP contribution in [0.1, 0.15) is 6.92 Å². The van der Waals surface area contributed by atoms with Crippen LogP contribution in [0.2, 0.25) is 10.0 Å². The predicted molar refractivity (Wildman–Crippen MR) is 53.9 cm³/mol. The Morgan fingerprint density at radius 3 is 2.31 bits per heavy atom. The average molecular weight is 219 g/mol. The summed E-state index contributed by atoms with van der Waals surface area (Å²) in [4.78, 5) is 10.6. The number of hydrogen-bond acceptors (Lipinski definition) is 2. The highest BCUT2D eigenvalue weighted by molar-refractivity contribution is 6.39. The highest BCUT2D eigenvalue weighted by Gasteiger charge is 2.03. The number of para-hydroxylation sites is 1. The summed E-state index contributed by atoms with van der Waals surface area (Å²) in [5.41, 5.74) is 5.50. The summed E-state index contributed by atoms with van der Waals surface area (Å²) in [7, 11) is 0. The van der Waals surface area contributed by atoms with Gasteiger partial charge in [-0.05, 0) is 12.1 Å². The van der Waals surface area contributed by atoms with Crippen LogP contribution in [0, 0.1) is 0 Å². The molecule has 0 heterocycles. The summed E-state index contributed by atoms with van der Waals surface area (Å²) in [5.74, 6) is -0.212. The van der Waals surface area contributed by atoms with E-state index in [0.29, 0.717) is 15.7 Å². The number of amides is 1. The first-order chi connectivity index (χ1) is 6.11. The van der Waals surface area contributed by atoms with Gasteiger partial charge in [0.05, 0.1) is 15.7 Å². The second kappa shape index (κ2) is 4.35. The third kappa shape index (κ3) is 2.79. The molecule has 0 saturated carbocycles. The van der Waals surface area contributed by atoms with E-state index >= 15 is 0 Å². The molecule has 0 aromatic heterocycles. The van der Waals surface area contributed by atoms with Crippen LogP contribution >= 0.6 is 23.2 Å². The Balaban J connectivity index is 2.81. The van der Waals surface area contributed by atoms with E-state index in [1.54, 1.807) is 18.2 Å².